The number of nitrogens with zero attached hydrogens (tertiary/aromatic N) is 4. The summed E-state index contributed by atoms with van der Waals surface area (Å²) in [5, 5.41) is 3.78. The van der Waals surface area contributed by atoms with Crippen molar-refractivity contribution in [3.63, 3.8) is 0 Å². The van der Waals surface area contributed by atoms with E-state index in [1.807, 2.05) is 6.92 Å². The van der Waals surface area contributed by atoms with Crippen molar-refractivity contribution < 1.29 is 18.0 Å². The highest BCUT2D eigenvalue weighted by molar-refractivity contribution is 9.10. The molecular weight excluding hydrogens is 581 g/mol. The van der Waals surface area contributed by atoms with Gasteiger partial charge in [-0.05, 0) is 93.1 Å². The highest BCUT2D eigenvalue weighted by Gasteiger charge is 2.41. The number of hydrogen-bond donors (Lipinski definition) is 2. The lowest BCUT2D eigenvalue weighted by Gasteiger charge is -2.33. The van der Waals surface area contributed by atoms with Crippen molar-refractivity contribution in [2.75, 3.05) is 11.4 Å². The summed E-state index contributed by atoms with van der Waals surface area (Å²) in [6.45, 7) is 8.46. The van der Waals surface area contributed by atoms with Crippen molar-refractivity contribution >= 4 is 45.4 Å². The standard InChI is InChI=1S/C26H30BrF3N6OS/c1-5-22-32-15(2)31-19(18-7-6-8-20(33-18)26(28,29)30)11-9-16-13-25(3,4)36(14-16)23-17(24(37)35-38-22)10-12-21(27)34-23/h5-8,10,12,16,19H,9,11,13-14H2,1-4H3,(H,31,32)(H,35,37)/b22-5+. The summed E-state index contributed by atoms with van der Waals surface area (Å²) in [4.78, 5) is 28.7. The number of carbonyl (C=O) groups is 1. The van der Waals surface area contributed by atoms with Gasteiger partial charge in [-0.25, -0.2) is 9.97 Å². The number of amides is 1. The predicted octanol–water partition coefficient (Wildman–Crippen LogP) is 6.65. The molecule has 4 heterocycles. The molecule has 0 aliphatic carbocycles. The van der Waals surface area contributed by atoms with Gasteiger partial charge in [-0.3, -0.25) is 14.5 Å². The molecule has 2 aliphatic rings. The number of hydrogen-bond acceptors (Lipinski definition) is 7. The molecule has 0 saturated carbocycles. The molecule has 2 bridgehead atoms. The number of alkyl halides is 3. The molecule has 2 aromatic rings. The monoisotopic (exact) mass is 610 g/mol. The van der Waals surface area contributed by atoms with Crippen LogP contribution in [0.25, 0.3) is 0 Å². The second kappa shape index (κ2) is 11.3. The molecule has 7 nitrogen and oxygen atoms in total. The zero-order valence-electron chi connectivity index (χ0n) is 21.6. The predicted molar refractivity (Wildman–Crippen MR) is 148 cm³/mol. The van der Waals surface area contributed by atoms with Gasteiger partial charge >= 0.3 is 6.18 Å². The van der Waals surface area contributed by atoms with E-state index in [2.05, 4.69) is 54.7 Å². The maximum Gasteiger partial charge on any atom is 0.433 e. The number of aliphatic imine (C=N–C) groups is 1. The quantitative estimate of drug-likeness (QED) is 0.278. The van der Waals surface area contributed by atoms with Crippen LogP contribution in [0.1, 0.15) is 74.7 Å². The second-order valence-corrected chi connectivity index (χ2v) is 11.7. The third-order valence-corrected chi connectivity index (χ3v) is 8.01. The summed E-state index contributed by atoms with van der Waals surface area (Å²) in [6.07, 6.45) is -0.668. The molecule has 2 aliphatic heterocycles. The zero-order valence-corrected chi connectivity index (χ0v) is 24.0. The van der Waals surface area contributed by atoms with Crippen LogP contribution < -0.4 is 14.9 Å². The summed E-state index contributed by atoms with van der Waals surface area (Å²) < 4.78 is 43.7. The first-order valence-electron chi connectivity index (χ1n) is 12.3. The molecule has 0 radical (unpaired) electrons. The maximum atomic E-state index is 13.4. The molecule has 0 spiro atoms. The fourth-order valence-corrected chi connectivity index (χ4v) is 5.91. The van der Waals surface area contributed by atoms with E-state index in [0.29, 0.717) is 39.8 Å². The number of amidine groups is 1. The summed E-state index contributed by atoms with van der Waals surface area (Å²) in [6, 6.07) is 6.89. The maximum absolute atomic E-state index is 13.4. The van der Waals surface area contributed by atoms with Gasteiger partial charge in [0, 0.05) is 24.0 Å². The van der Waals surface area contributed by atoms with E-state index in [9.17, 15) is 18.0 Å². The average molecular weight is 612 g/mol. The van der Waals surface area contributed by atoms with E-state index in [-0.39, 0.29) is 23.1 Å². The van der Waals surface area contributed by atoms with Gasteiger partial charge in [0.15, 0.2) is 0 Å². The van der Waals surface area contributed by atoms with Crippen LogP contribution in [0.2, 0.25) is 0 Å². The fourth-order valence-electron chi connectivity index (χ4n) is 4.99. The number of allylic oxidation sites excluding steroid dienone is 1. The van der Waals surface area contributed by atoms with E-state index >= 15 is 0 Å². The van der Waals surface area contributed by atoms with E-state index in [4.69, 9.17) is 4.99 Å². The summed E-state index contributed by atoms with van der Waals surface area (Å²) in [5.74, 6) is 1.06. The van der Waals surface area contributed by atoms with Crippen molar-refractivity contribution in [2.45, 2.75) is 64.7 Å². The lowest BCUT2D eigenvalue weighted by Crippen LogP contribution is -2.40. The summed E-state index contributed by atoms with van der Waals surface area (Å²) in [5.41, 5.74) is -0.466. The minimum absolute atomic E-state index is 0.226. The van der Waals surface area contributed by atoms with Gasteiger partial charge in [-0.1, -0.05) is 12.1 Å². The Kier molecular flexibility index (Phi) is 8.41. The first-order valence-corrected chi connectivity index (χ1v) is 13.9. The zero-order chi connectivity index (χ0) is 27.7. The van der Waals surface area contributed by atoms with Gasteiger partial charge < -0.3 is 10.2 Å². The van der Waals surface area contributed by atoms with Crippen molar-refractivity contribution in [3.05, 3.63) is 63.0 Å². The van der Waals surface area contributed by atoms with E-state index < -0.39 is 17.9 Å². The molecular formula is C26H30BrF3N6OS. The minimum Gasteiger partial charge on any atom is -0.351 e. The van der Waals surface area contributed by atoms with Gasteiger partial charge in [0.05, 0.1) is 28.2 Å². The molecule has 2 aromatic heterocycles. The lowest BCUT2D eigenvalue weighted by atomic mass is 9.91. The van der Waals surface area contributed by atoms with Crippen LogP contribution in [0.15, 0.2) is 51.0 Å². The highest BCUT2D eigenvalue weighted by Crippen LogP contribution is 2.41. The number of rotatable bonds is 1. The van der Waals surface area contributed by atoms with Gasteiger partial charge in [0.2, 0.25) is 0 Å². The smallest absolute Gasteiger partial charge is 0.351 e. The first kappa shape index (κ1) is 28.4. The average Bonchev–Trinajstić information content (AvgIpc) is 3.16. The molecule has 204 valence electrons. The van der Waals surface area contributed by atoms with Gasteiger partial charge in [0.25, 0.3) is 5.91 Å². The summed E-state index contributed by atoms with van der Waals surface area (Å²) in [7, 11) is 0. The molecule has 0 aromatic carbocycles. The van der Waals surface area contributed by atoms with Crippen LogP contribution in [0.4, 0.5) is 19.0 Å². The third kappa shape index (κ3) is 6.51. The summed E-state index contributed by atoms with van der Waals surface area (Å²) >= 11 is 4.55. The van der Waals surface area contributed by atoms with Crippen LogP contribution in [0, 0.1) is 5.92 Å². The van der Waals surface area contributed by atoms with Crippen molar-refractivity contribution in [2.24, 2.45) is 10.9 Å². The Bertz CT molecular complexity index is 1270. The van der Waals surface area contributed by atoms with E-state index in [1.54, 1.807) is 31.2 Å². The minimum atomic E-state index is -4.54. The highest BCUT2D eigenvalue weighted by atomic mass is 79.9. The third-order valence-electron chi connectivity index (χ3n) is 6.72. The largest absolute Gasteiger partial charge is 0.433 e. The Balaban J connectivity index is 1.74. The first-order chi connectivity index (χ1) is 17.9. The Morgan fingerprint density at radius 3 is 2.66 bits per heavy atom. The second-order valence-electron chi connectivity index (χ2n) is 10.1. The Hall–Kier alpha value is -2.60. The number of fused-ring (bicyclic) bond motifs is 4. The van der Waals surface area contributed by atoms with E-state index in [0.717, 1.165) is 30.9 Å². The van der Waals surface area contributed by atoms with Crippen molar-refractivity contribution in [3.8, 4) is 0 Å². The van der Waals surface area contributed by atoms with Crippen molar-refractivity contribution in [1.29, 1.82) is 0 Å². The van der Waals surface area contributed by atoms with Crippen LogP contribution in [0.3, 0.4) is 0 Å². The Morgan fingerprint density at radius 1 is 1.18 bits per heavy atom. The number of anilines is 1. The van der Waals surface area contributed by atoms with Crippen LogP contribution in [-0.2, 0) is 6.18 Å². The number of aromatic nitrogens is 2. The molecule has 2 unspecified atom stereocenters. The molecule has 2 atom stereocenters. The number of pyridine rings is 2. The molecule has 38 heavy (non-hydrogen) atoms. The SMILES string of the molecule is C/C=C1\NC(C)=NC(c2cccc(C(F)(F)F)n2)CCC2CN(c3nc(Br)ccc3C(=O)NS1)C(C)(C)C2. The van der Waals surface area contributed by atoms with Crippen LogP contribution in [0.5, 0.6) is 0 Å². The normalized spacial score (nSPS) is 23.6. The molecule has 1 amide bonds. The molecule has 4 rings (SSSR count). The number of nitrogens with one attached hydrogen (secondary N) is 2. The lowest BCUT2D eigenvalue weighted by molar-refractivity contribution is -0.141. The number of carbonyl (C=O) groups excluding carboxylic acids is 1. The fraction of sp³-hybridized carbons (Fsp3) is 0.462. The van der Waals surface area contributed by atoms with Crippen molar-refractivity contribution in [1.82, 2.24) is 20.0 Å². The van der Waals surface area contributed by atoms with Gasteiger partial charge in [0.1, 0.15) is 16.1 Å². The van der Waals surface area contributed by atoms with Crippen LogP contribution in [-0.4, -0.2) is 33.8 Å². The van der Waals surface area contributed by atoms with Gasteiger partial charge in [-0.15, -0.1) is 0 Å². The number of halogens is 4. The Labute approximate surface area is 233 Å². The molecule has 1 saturated heterocycles. The van der Waals surface area contributed by atoms with Gasteiger partial charge in [-0.2, -0.15) is 13.2 Å². The molecule has 1 fully saturated rings. The molecule has 12 heteroatoms. The van der Waals surface area contributed by atoms with E-state index in [1.165, 1.54) is 6.07 Å². The Morgan fingerprint density at radius 2 is 1.95 bits per heavy atom. The topological polar surface area (TPSA) is 82.5 Å². The van der Waals surface area contributed by atoms with Crippen LogP contribution >= 0.6 is 27.9 Å². The molecule has 2 N–H and O–H groups in total.